The molecule has 1 aliphatic heterocycles. The largest absolute Gasteiger partial charge is 0.503 e. The summed E-state index contributed by atoms with van der Waals surface area (Å²) in [6.07, 6.45) is 4.56. The third kappa shape index (κ3) is 4.10. The molecule has 242 valence electrons. The van der Waals surface area contributed by atoms with Gasteiger partial charge in [-0.05, 0) is 94.8 Å². The number of carboxylic acids is 1. The second-order valence-corrected chi connectivity index (χ2v) is 15.0. The number of fused-ring (bicyclic) bond motifs is 7. The molecule has 0 spiro atoms. The van der Waals surface area contributed by atoms with Crippen LogP contribution in [0.1, 0.15) is 91.7 Å². The average Bonchev–Trinajstić information content (AvgIpc) is 3.87. The van der Waals surface area contributed by atoms with Gasteiger partial charge in [0.05, 0.1) is 20.9 Å². The van der Waals surface area contributed by atoms with Crippen LogP contribution in [-0.4, -0.2) is 38.9 Å². The van der Waals surface area contributed by atoms with E-state index in [4.69, 9.17) is 0 Å². The van der Waals surface area contributed by atoms with Crippen molar-refractivity contribution in [2.75, 3.05) is 4.90 Å². The Hall–Kier alpha value is -5.47. The van der Waals surface area contributed by atoms with E-state index in [2.05, 4.69) is 73.3 Å². The fourth-order valence-corrected chi connectivity index (χ4v) is 9.66. The second kappa shape index (κ2) is 10.3. The molecule has 2 unspecified atom stereocenters. The predicted octanol–water partition coefficient (Wildman–Crippen LogP) is 9.08. The number of carboxylic acid groups (broad SMARTS) is 1. The molecular formula is C41H31NO6S. The number of aromatic hydroxyl groups is 2. The molecule has 0 amide bonds. The van der Waals surface area contributed by atoms with Crippen molar-refractivity contribution in [3.8, 4) is 33.1 Å². The third-order valence-electron chi connectivity index (χ3n) is 11.0. The lowest BCUT2D eigenvalue weighted by Gasteiger charge is -2.28. The Labute approximate surface area is 286 Å². The maximum Gasteiger partial charge on any atom is 0.335 e. The summed E-state index contributed by atoms with van der Waals surface area (Å²) in [5.74, 6) is -2.74. The number of allylic oxidation sites excluding steroid dienone is 1. The van der Waals surface area contributed by atoms with Crippen LogP contribution >= 0.6 is 11.3 Å². The van der Waals surface area contributed by atoms with Gasteiger partial charge in [0.25, 0.3) is 0 Å². The van der Waals surface area contributed by atoms with Crippen LogP contribution in [-0.2, 0) is 5.41 Å². The van der Waals surface area contributed by atoms with Gasteiger partial charge in [-0.2, -0.15) is 0 Å². The van der Waals surface area contributed by atoms with Crippen LogP contribution in [0.4, 0.5) is 11.4 Å². The first-order chi connectivity index (χ1) is 23.5. The zero-order valence-corrected chi connectivity index (χ0v) is 27.6. The summed E-state index contributed by atoms with van der Waals surface area (Å²) in [7, 11) is 0. The highest BCUT2D eigenvalue weighted by Crippen LogP contribution is 2.56. The first-order valence-electron chi connectivity index (χ1n) is 16.5. The highest BCUT2D eigenvalue weighted by atomic mass is 32.1. The third-order valence-corrected chi connectivity index (χ3v) is 12.2. The lowest BCUT2D eigenvalue weighted by atomic mass is 9.82. The lowest BCUT2D eigenvalue weighted by molar-refractivity contribution is 0.0696. The molecule has 1 aromatic heterocycles. The van der Waals surface area contributed by atoms with E-state index in [0.717, 1.165) is 41.9 Å². The average molecular weight is 666 g/mol. The number of Topliss-reactive ketones (excluding diaryl/α,β-unsaturated/α-hetero) is 2. The van der Waals surface area contributed by atoms with E-state index < -0.39 is 23.3 Å². The molecule has 7 nitrogen and oxygen atoms in total. The van der Waals surface area contributed by atoms with Crippen LogP contribution in [0.5, 0.6) is 11.5 Å². The summed E-state index contributed by atoms with van der Waals surface area (Å²) in [5, 5.41) is 31.4. The molecule has 4 aliphatic rings. The van der Waals surface area contributed by atoms with Gasteiger partial charge in [-0.3, -0.25) is 9.59 Å². The number of aromatic carboxylic acids is 1. The highest BCUT2D eigenvalue weighted by Gasteiger charge is 2.43. The molecule has 1 saturated carbocycles. The van der Waals surface area contributed by atoms with Crippen molar-refractivity contribution in [2.45, 2.75) is 50.5 Å². The Kier molecular flexibility index (Phi) is 6.21. The highest BCUT2D eigenvalue weighted by molar-refractivity contribution is 7.17. The van der Waals surface area contributed by atoms with E-state index in [1.54, 1.807) is 0 Å². The molecule has 2 heterocycles. The Morgan fingerprint density at radius 2 is 1.61 bits per heavy atom. The van der Waals surface area contributed by atoms with Crippen LogP contribution < -0.4 is 4.90 Å². The summed E-state index contributed by atoms with van der Waals surface area (Å²) < 4.78 is 0. The van der Waals surface area contributed by atoms with Crippen LogP contribution in [0, 0.1) is 0 Å². The molecule has 5 aromatic rings. The first-order valence-corrected chi connectivity index (χ1v) is 17.3. The monoisotopic (exact) mass is 665 g/mol. The van der Waals surface area contributed by atoms with E-state index >= 15 is 0 Å². The van der Waals surface area contributed by atoms with Gasteiger partial charge in [0.15, 0.2) is 23.1 Å². The molecule has 3 N–H and O–H groups in total. The molecular weight excluding hydrogens is 635 g/mol. The van der Waals surface area contributed by atoms with Gasteiger partial charge in [-0.25, -0.2) is 4.79 Å². The Morgan fingerprint density at radius 3 is 2.43 bits per heavy atom. The number of anilines is 2. The topological polar surface area (TPSA) is 115 Å². The zero-order chi connectivity index (χ0) is 33.9. The molecule has 49 heavy (non-hydrogen) atoms. The predicted molar refractivity (Wildman–Crippen MR) is 190 cm³/mol. The number of thiophene rings is 1. The minimum atomic E-state index is -1.20. The van der Waals surface area contributed by atoms with Crippen LogP contribution in [0.15, 0.2) is 84.4 Å². The molecule has 2 atom stereocenters. The van der Waals surface area contributed by atoms with Crippen molar-refractivity contribution in [3.63, 3.8) is 0 Å². The van der Waals surface area contributed by atoms with Crippen LogP contribution in [0.2, 0.25) is 0 Å². The lowest BCUT2D eigenvalue weighted by Crippen LogP contribution is -2.26. The number of rotatable bonds is 4. The minimum absolute atomic E-state index is 0.0160. The molecule has 4 aromatic carbocycles. The standard InChI is InChI=1S/C41H31NO6S/c1-41(2)30-8-4-3-6-23(30)26-18-22(12-14-31(26)41)42-32-9-5-7-24(32)27-16-20(11-15-33(27)42)39-38(46)37(45)34(49-39)19-29-35(43)25-13-10-21(40(47)48)17-28(25)36(29)44/h3-4,6,8,10-19,24,32,45-46H,5,7,9H2,1-2H3,(H,47,48)/b29-19+. The van der Waals surface area contributed by atoms with Crippen molar-refractivity contribution >= 4 is 46.3 Å². The Balaban J connectivity index is 1.09. The summed E-state index contributed by atoms with van der Waals surface area (Å²) in [6.45, 7) is 4.58. The van der Waals surface area contributed by atoms with Gasteiger partial charge < -0.3 is 20.2 Å². The fraction of sp³-hybridized carbons (Fsp3) is 0.195. The number of carbonyl (C=O) groups is 3. The van der Waals surface area contributed by atoms with Gasteiger partial charge in [0.2, 0.25) is 0 Å². The van der Waals surface area contributed by atoms with Crippen molar-refractivity contribution in [2.24, 2.45) is 0 Å². The first kappa shape index (κ1) is 29.7. The van der Waals surface area contributed by atoms with Gasteiger partial charge >= 0.3 is 5.97 Å². The quantitative estimate of drug-likeness (QED) is 0.130. The zero-order valence-electron chi connectivity index (χ0n) is 26.8. The number of carbonyl (C=O) groups excluding carboxylic acids is 2. The SMILES string of the molecule is CC1(C)c2ccccc2-c2cc(N3c4ccc(-c5sc(/C=C6\C(=O)c7ccc(C(=O)O)cc7C6=O)c(O)c5O)cc4C4CCCC43)ccc21. The Bertz CT molecular complexity index is 2360. The molecule has 8 heteroatoms. The van der Waals surface area contributed by atoms with Crippen molar-refractivity contribution in [1.82, 2.24) is 0 Å². The number of ketones is 2. The second-order valence-electron chi connectivity index (χ2n) is 13.9. The molecule has 0 saturated heterocycles. The van der Waals surface area contributed by atoms with Crippen molar-refractivity contribution in [1.29, 1.82) is 0 Å². The van der Waals surface area contributed by atoms with E-state index in [1.807, 2.05) is 6.07 Å². The molecule has 0 bridgehead atoms. The maximum absolute atomic E-state index is 13.2. The summed E-state index contributed by atoms with van der Waals surface area (Å²) in [4.78, 5) is 40.8. The van der Waals surface area contributed by atoms with Crippen molar-refractivity contribution < 1.29 is 29.7 Å². The van der Waals surface area contributed by atoms with E-state index in [-0.39, 0.29) is 38.3 Å². The van der Waals surface area contributed by atoms with Gasteiger partial charge in [0.1, 0.15) is 0 Å². The van der Waals surface area contributed by atoms with E-state index in [9.17, 15) is 29.7 Å². The molecule has 0 radical (unpaired) electrons. The maximum atomic E-state index is 13.2. The molecule has 1 fully saturated rings. The fourth-order valence-electron chi connectivity index (χ4n) is 8.63. The van der Waals surface area contributed by atoms with Gasteiger partial charge in [-0.1, -0.05) is 56.7 Å². The van der Waals surface area contributed by atoms with E-state index in [1.165, 1.54) is 57.8 Å². The Morgan fingerprint density at radius 1 is 0.837 bits per heavy atom. The minimum Gasteiger partial charge on any atom is -0.503 e. The van der Waals surface area contributed by atoms with Crippen LogP contribution in [0.25, 0.3) is 27.6 Å². The number of benzene rings is 4. The summed E-state index contributed by atoms with van der Waals surface area (Å²) in [6, 6.07) is 25.9. The molecule has 3 aliphatic carbocycles. The van der Waals surface area contributed by atoms with Crippen LogP contribution in [0.3, 0.4) is 0 Å². The normalized spacial score (nSPS) is 20.4. The number of hydrogen-bond acceptors (Lipinski definition) is 7. The van der Waals surface area contributed by atoms with Gasteiger partial charge in [0, 0.05) is 39.9 Å². The van der Waals surface area contributed by atoms with Gasteiger partial charge in [-0.15, -0.1) is 11.3 Å². The summed E-state index contributed by atoms with van der Waals surface area (Å²) in [5.41, 5.74) is 9.32. The molecule has 9 rings (SSSR count). The number of hydrogen-bond donors (Lipinski definition) is 3. The summed E-state index contributed by atoms with van der Waals surface area (Å²) >= 11 is 1.10. The smallest absolute Gasteiger partial charge is 0.335 e. The van der Waals surface area contributed by atoms with Crippen molar-refractivity contribution in [3.05, 3.63) is 123 Å². The number of nitrogens with zero attached hydrogens (tertiary/aromatic N) is 1. The van der Waals surface area contributed by atoms with E-state index in [0.29, 0.717) is 16.8 Å².